The zero-order valence-corrected chi connectivity index (χ0v) is 23.8. The van der Waals surface area contributed by atoms with Crippen LogP contribution in [-0.4, -0.2) is 30.5 Å². The number of likely N-dealkylation sites (tertiary alicyclic amines) is 1. The Labute approximate surface area is 236 Å². The number of benzene rings is 3. The minimum Gasteiger partial charge on any atom is -0.494 e. The molecule has 1 atom stereocenters. The van der Waals surface area contributed by atoms with Crippen molar-refractivity contribution in [1.82, 2.24) is 4.90 Å². The number of hydrogen-bond acceptors (Lipinski definition) is 4. The fourth-order valence-electron chi connectivity index (χ4n) is 5.56. The lowest BCUT2D eigenvalue weighted by Gasteiger charge is -2.38. The van der Waals surface area contributed by atoms with Crippen LogP contribution in [0.3, 0.4) is 0 Å². The number of anilines is 1. The number of hydrogen-bond donors (Lipinski definition) is 1. The summed E-state index contributed by atoms with van der Waals surface area (Å²) in [4.78, 5) is 17.1. The van der Waals surface area contributed by atoms with Gasteiger partial charge in [0, 0.05) is 16.0 Å². The standard InChI is InChI=1S/C34H38N2O2S/c1-3-30-24-31(34(39-30)35-33(37)28-13-9-6-10-14-28)32(27-15-17-29(18-16-27)38-4-2)36-21-19-26(20-22-36)23-25-11-7-5-8-12-25/h5-18,24,26,32H,3-4,19-23H2,1-2H3,(H,35,37)/t32-/m1/s1. The van der Waals surface area contributed by atoms with E-state index >= 15 is 0 Å². The number of piperidine rings is 1. The van der Waals surface area contributed by atoms with Crippen LogP contribution in [0.4, 0.5) is 5.00 Å². The van der Waals surface area contributed by atoms with E-state index in [1.165, 1.54) is 34.4 Å². The molecule has 0 saturated carbocycles. The monoisotopic (exact) mass is 538 g/mol. The van der Waals surface area contributed by atoms with Gasteiger partial charge in [0.1, 0.15) is 10.8 Å². The Morgan fingerprint density at radius 2 is 1.62 bits per heavy atom. The summed E-state index contributed by atoms with van der Waals surface area (Å²) >= 11 is 1.70. The normalized spacial score (nSPS) is 15.1. The Morgan fingerprint density at radius 3 is 2.26 bits per heavy atom. The Bertz CT molecular complexity index is 1330. The molecule has 1 amide bonds. The average molecular weight is 539 g/mol. The second kappa shape index (κ2) is 13.1. The number of nitrogens with one attached hydrogen (secondary N) is 1. The minimum absolute atomic E-state index is 0.0617. The molecule has 4 nitrogen and oxygen atoms in total. The van der Waals surface area contributed by atoms with Gasteiger partial charge in [0.15, 0.2) is 0 Å². The van der Waals surface area contributed by atoms with E-state index in [-0.39, 0.29) is 11.9 Å². The third-order valence-electron chi connectivity index (χ3n) is 7.61. The molecule has 0 unspecified atom stereocenters. The first-order valence-electron chi connectivity index (χ1n) is 14.1. The van der Waals surface area contributed by atoms with E-state index in [2.05, 4.69) is 77.8 Å². The molecule has 1 saturated heterocycles. The zero-order chi connectivity index (χ0) is 27.0. The highest BCUT2D eigenvalue weighted by Gasteiger charge is 2.31. The molecule has 1 fully saturated rings. The fourth-order valence-corrected chi connectivity index (χ4v) is 6.59. The van der Waals surface area contributed by atoms with Gasteiger partial charge in [-0.25, -0.2) is 0 Å². The first-order chi connectivity index (χ1) is 19.1. The van der Waals surface area contributed by atoms with Crippen LogP contribution in [0.1, 0.15) is 64.7 Å². The molecule has 0 radical (unpaired) electrons. The molecule has 2 heterocycles. The third-order valence-corrected chi connectivity index (χ3v) is 8.82. The van der Waals surface area contributed by atoms with Crippen molar-refractivity contribution >= 4 is 22.2 Å². The van der Waals surface area contributed by atoms with Crippen molar-refractivity contribution < 1.29 is 9.53 Å². The smallest absolute Gasteiger partial charge is 0.256 e. The maximum absolute atomic E-state index is 13.2. The zero-order valence-electron chi connectivity index (χ0n) is 22.9. The van der Waals surface area contributed by atoms with Crippen molar-refractivity contribution in [2.75, 3.05) is 25.0 Å². The van der Waals surface area contributed by atoms with Crippen LogP contribution < -0.4 is 10.1 Å². The van der Waals surface area contributed by atoms with Crippen LogP contribution in [0.25, 0.3) is 0 Å². The molecule has 1 aliphatic heterocycles. The second-order valence-corrected chi connectivity index (χ2v) is 11.4. The number of aryl methyl sites for hydroxylation is 1. The minimum atomic E-state index is -0.0617. The van der Waals surface area contributed by atoms with Crippen LogP contribution in [0.15, 0.2) is 91.0 Å². The van der Waals surface area contributed by atoms with E-state index in [4.69, 9.17) is 4.74 Å². The maximum atomic E-state index is 13.2. The summed E-state index contributed by atoms with van der Waals surface area (Å²) in [7, 11) is 0. The van der Waals surface area contributed by atoms with Gasteiger partial charge in [-0.2, -0.15) is 0 Å². The van der Waals surface area contributed by atoms with E-state index in [9.17, 15) is 4.79 Å². The molecule has 1 aromatic heterocycles. The van der Waals surface area contributed by atoms with Gasteiger partial charge in [-0.15, -0.1) is 11.3 Å². The van der Waals surface area contributed by atoms with Gasteiger partial charge in [-0.3, -0.25) is 9.69 Å². The summed E-state index contributed by atoms with van der Waals surface area (Å²) < 4.78 is 5.74. The Hall–Kier alpha value is -3.41. The van der Waals surface area contributed by atoms with Gasteiger partial charge in [0.25, 0.3) is 5.91 Å². The number of carbonyl (C=O) groups excluding carboxylic acids is 1. The highest BCUT2D eigenvalue weighted by Crippen LogP contribution is 2.41. The maximum Gasteiger partial charge on any atom is 0.256 e. The number of amides is 1. The second-order valence-electron chi connectivity index (χ2n) is 10.2. The Morgan fingerprint density at radius 1 is 0.949 bits per heavy atom. The number of nitrogens with zero attached hydrogens (tertiary/aromatic N) is 1. The van der Waals surface area contributed by atoms with Gasteiger partial charge in [0.2, 0.25) is 0 Å². The predicted molar refractivity (Wildman–Crippen MR) is 162 cm³/mol. The summed E-state index contributed by atoms with van der Waals surface area (Å²) in [6.45, 7) is 6.89. The summed E-state index contributed by atoms with van der Waals surface area (Å²) in [5.41, 5.74) is 4.52. The molecule has 5 heteroatoms. The number of ether oxygens (including phenoxy) is 1. The molecule has 1 aliphatic rings. The van der Waals surface area contributed by atoms with Crippen molar-refractivity contribution in [1.29, 1.82) is 0 Å². The van der Waals surface area contributed by atoms with E-state index in [1.54, 1.807) is 11.3 Å². The van der Waals surface area contributed by atoms with E-state index in [0.29, 0.717) is 18.1 Å². The number of rotatable bonds is 10. The van der Waals surface area contributed by atoms with Gasteiger partial charge < -0.3 is 10.1 Å². The molecule has 3 aromatic carbocycles. The third kappa shape index (κ3) is 6.78. The molecular formula is C34H38N2O2S. The summed E-state index contributed by atoms with van der Waals surface area (Å²) in [5.74, 6) is 1.52. The van der Waals surface area contributed by atoms with Crippen LogP contribution in [0.2, 0.25) is 0 Å². The molecule has 4 aromatic rings. The fraction of sp³-hybridized carbons (Fsp3) is 0.324. The molecule has 0 aliphatic carbocycles. The summed E-state index contributed by atoms with van der Waals surface area (Å²) in [5, 5.41) is 4.22. The van der Waals surface area contributed by atoms with E-state index in [1.807, 2.05) is 37.3 Å². The first kappa shape index (κ1) is 27.2. The largest absolute Gasteiger partial charge is 0.494 e. The average Bonchev–Trinajstić information content (AvgIpc) is 3.38. The summed E-state index contributed by atoms with van der Waals surface area (Å²) in [6.07, 6.45) is 4.41. The van der Waals surface area contributed by atoms with Crippen LogP contribution >= 0.6 is 11.3 Å². The molecule has 0 spiro atoms. The number of thiophene rings is 1. The van der Waals surface area contributed by atoms with Crippen molar-refractivity contribution in [3.63, 3.8) is 0 Å². The van der Waals surface area contributed by atoms with Crippen LogP contribution in [-0.2, 0) is 12.8 Å². The molecule has 5 rings (SSSR count). The quantitative estimate of drug-likeness (QED) is 0.222. The highest BCUT2D eigenvalue weighted by atomic mass is 32.1. The van der Waals surface area contributed by atoms with Gasteiger partial charge in [-0.05, 0) is 93.1 Å². The van der Waals surface area contributed by atoms with Crippen LogP contribution in [0.5, 0.6) is 5.75 Å². The molecule has 0 bridgehead atoms. The lowest BCUT2D eigenvalue weighted by atomic mass is 9.88. The molecule has 39 heavy (non-hydrogen) atoms. The first-order valence-corrected chi connectivity index (χ1v) is 15.0. The van der Waals surface area contributed by atoms with Crippen LogP contribution in [0, 0.1) is 5.92 Å². The van der Waals surface area contributed by atoms with Crippen molar-refractivity contribution in [2.24, 2.45) is 5.92 Å². The molecular weight excluding hydrogens is 500 g/mol. The summed E-state index contributed by atoms with van der Waals surface area (Å²) in [6, 6.07) is 31.2. The van der Waals surface area contributed by atoms with E-state index < -0.39 is 0 Å². The Balaban J connectivity index is 1.43. The van der Waals surface area contributed by atoms with Gasteiger partial charge in [-0.1, -0.05) is 67.6 Å². The molecule has 202 valence electrons. The van der Waals surface area contributed by atoms with E-state index in [0.717, 1.165) is 36.7 Å². The molecule has 1 N–H and O–H groups in total. The lowest BCUT2D eigenvalue weighted by Crippen LogP contribution is -2.38. The Kier molecular flexibility index (Phi) is 9.12. The van der Waals surface area contributed by atoms with Crippen molar-refractivity contribution in [2.45, 2.75) is 45.6 Å². The van der Waals surface area contributed by atoms with Gasteiger partial charge >= 0.3 is 0 Å². The SMILES string of the molecule is CCOc1ccc([C@H](c2cc(CC)sc2NC(=O)c2ccccc2)N2CCC(Cc3ccccc3)CC2)cc1. The topological polar surface area (TPSA) is 41.6 Å². The lowest BCUT2D eigenvalue weighted by molar-refractivity contribution is 0.102. The van der Waals surface area contributed by atoms with Crippen molar-refractivity contribution in [3.8, 4) is 5.75 Å². The number of carbonyl (C=O) groups is 1. The predicted octanol–water partition coefficient (Wildman–Crippen LogP) is 8.01. The van der Waals surface area contributed by atoms with Crippen molar-refractivity contribution in [3.05, 3.63) is 118 Å². The van der Waals surface area contributed by atoms with Gasteiger partial charge in [0.05, 0.1) is 12.6 Å². The highest BCUT2D eigenvalue weighted by molar-refractivity contribution is 7.16.